The van der Waals surface area contributed by atoms with Crippen LogP contribution < -0.4 is 14.5 Å². The second-order valence-corrected chi connectivity index (χ2v) is 24.0. The molecular weight excluding hydrogens is 783 g/mol. The fraction of sp³-hybridized carbons (Fsp3) is 0.447. The molecule has 8 rings (SSSR count). The summed E-state index contributed by atoms with van der Waals surface area (Å²) in [5.41, 5.74) is -0.0927. The van der Waals surface area contributed by atoms with E-state index in [1.54, 1.807) is 30.3 Å². The summed E-state index contributed by atoms with van der Waals surface area (Å²) in [5.74, 6) is -0.607. The molecule has 4 aromatic rings. The average Bonchev–Trinajstić information content (AvgIpc) is 3.51. The van der Waals surface area contributed by atoms with Gasteiger partial charge in [-0.1, -0.05) is 60.6 Å². The van der Waals surface area contributed by atoms with Crippen LogP contribution in [-0.4, -0.2) is 55.8 Å². The summed E-state index contributed by atoms with van der Waals surface area (Å²) in [6, 6.07) is 22.2. The number of hydrogen-bond acceptors (Lipinski definition) is 11. The standard InChI is InChI=1S/C47H55NO11Si/c1-42(2,3)60(8,9)57-33-14-12-13-29(23-33)46-47(59-58-46,44(6,7)28-54-46)43(4,5)27-53-22-11-10-15-40(51)48-30-16-19-34-37(24-30)45(56-41(34)52)35-20-17-31(49)25-38(35)55-39-26-32(50)18-21-36(39)45/h12-14,16-21,23-26,49-50H,10-11,15,22,27-28H2,1-9H3,(H,48,51). The first-order valence-electron chi connectivity index (χ1n) is 20.6. The van der Waals surface area contributed by atoms with Crippen molar-refractivity contribution in [3.05, 3.63) is 107 Å². The summed E-state index contributed by atoms with van der Waals surface area (Å²) in [6.45, 7) is 20.9. The quantitative estimate of drug-likeness (QED) is 0.0541. The number of esters is 1. The molecule has 4 aliphatic rings. The summed E-state index contributed by atoms with van der Waals surface area (Å²) in [5, 5.41) is 23.5. The van der Waals surface area contributed by atoms with Crippen LogP contribution >= 0.6 is 0 Å². The lowest BCUT2D eigenvalue weighted by atomic mass is 9.57. The highest BCUT2D eigenvalue weighted by atomic mass is 28.4. The first-order chi connectivity index (χ1) is 28.2. The molecule has 12 nitrogen and oxygen atoms in total. The van der Waals surface area contributed by atoms with Gasteiger partial charge < -0.3 is 38.9 Å². The lowest BCUT2D eigenvalue weighted by molar-refractivity contribution is -0.628. The van der Waals surface area contributed by atoms with E-state index in [0.29, 0.717) is 60.6 Å². The van der Waals surface area contributed by atoms with Crippen molar-refractivity contribution in [3.63, 3.8) is 0 Å². The Morgan fingerprint density at radius 2 is 1.53 bits per heavy atom. The Kier molecular flexibility index (Phi) is 9.99. The number of unbranched alkanes of at least 4 members (excludes halogenated alkanes) is 1. The lowest BCUT2D eigenvalue weighted by Crippen LogP contribution is -2.74. The Morgan fingerprint density at radius 3 is 2.17 bits per heavy atom. The fourth-order valence-corrected chi connectivity index (χ4v) is 10.2. The minimum Gasteiger partial charge on any atom is -0.543 e. The van der Waals surface area contributed by atoms with Crippen molar-refractivity contribution in [2.45, 2.75) is 103 Å². The molecule has 0 radical (unpaired) electrons. The van der Waals surface area contributed by atoms with Gasteiger partial charge in [0.15, 0.2) is 11.2 Å². The molecule has 4 aromatic carbocycles. The first-order valence-corrected chi connectivity index (χ1v) is 23.5. The van der Waals surface area contributed by atoms with Crippen molar-refractivity contribution in [2.24, 2.45) is 10.8 Å². The minimum atomic E-state index is -2.10. The van der Waals surface area contributed by atoms with Gasteiger partial charge >= 0.3 is 5.97 Å². The molecule has 13 heteroatoms. The molecule has 0 aliphatic carbocycles. The number of phenolic OH excluding ortho intramolecular Hbond substituents is 2. The van der Waals surface area contributed by atoms with Crippen LogP contribution in [0.5, 0.6) is 28.7 Å². The number of amides is 1. The number of benzene rings is 4. The van der Waals surface area contributed by atoms with Crippen LogP contribution in [0, 0.1) is 10.8 Å². The van der Waals surface area contributed by atoms with Crippen LogP contribution in [0.15, 0.2) is 78.9 Å². The molecule has 1 amide bonds. The summed E-state index contributed by atoms with van der Waals surface area (Å²) in [7, 11) is -2.10. The molecule has 318 valence electrons. The van der Waals surface area contributed by atoms with Gasteiger partial charge in [0.25, 0.3) is 5.79 Å². The van der Waals surface area contributed by atoms with E-state index in [1.807, 2.05) is 24.3 Å². The Bertz CT molecular complexity index is 2320. The largest absolute Gasteiger partial charge is 0.543 e. The van der Waals surface area contributed by atoms with E-state index in [2.05, 4.69) is 66.9 Å². The number of nitrogens with one attached hydrogen (secondary N) is 1. The number of rotatable bonds is 12. The fourth-order valence-electron chi connectivity index (χ4n) is 9.21. The van der Waals surface area contributed by atoms with Gasteiger partial charge in [-0.15, -0.1) is 0 Å². The summed E-state index contributed by atoms with van der Waals surface area (Å²) >= 11 is 0. The second-order valence-electron chi connectivity index (χ2n) is 19.3. The van der Waals surface area contributed by atoms with Crippen LogP contribution in [0.3, 0.4) is 0 Å². The molecule has 3 N–H and O–H groups in total. The molecule has 0 aromatic heterocycles. The predicted molar refractivity (Wildman–Crippen MR) is 226 cm³/mol. The summed E-state index contributed by atoms with van der Waals surface area (Å²) < 4.78 is 31.8. The number of carbonyl (C=O) groups is 2. The third-order valence-electron chi connectivity index (χ3n) is 13.1. The molecule has 2 saturated heterocycles. The topological polar surface area (TPSA) is 151 Å². The van der Waals surface area contributed by atoms with Crippen LogP contribution in [0.1, 0.15) is 100 Å². The maximum Gasteiger partial charge on any atom is 0.340 e. The van der Waals surface area contributed by atoms with E-state index in [4.69, 9.17) is 33.1 Å². The highest BCUT2D eigenvalue weighted by molar-refractivity contribution is 6.74. The second kappa shape index (κ2) is 14.3. The summed E-state index contributed by atoms with van der Waals surface area (Å²) in [4.78, 5) is 38.8. The van der Waals surface area contributed by atoms with E-state index in [0.717, 1.165) is 11.3 Å². The maximum atomic E-state index is 13.3. The van der Waals surface area contributed by atoms with Crippen LogP contribution in [-0.2, 0) is 40.2 Å². The van der Waals surface area contributed by atoms with Gasteiger partial charge in [-0.25, -0.2) is 9.68 Å². The van der Waals surface area contributed by atoms with E-state index < -0.39 is 42.1 Å². The van der Waals surface area contributed by atoms with E-state index in [9.17, 15) is 19.8 Å². The van der Waals surface area contributed by atoms with Crippen molar-refractivity contribution in [2.75, 3.05) is 25.1 Å². The highest BCUT2D eigenvalue weighted by Crippen LogP contribution is 2.69. The number of fused-ring (bicyclic) bond motifs is 7. The predicted octanol–water partition coefficient (Wildman–Crippen LogP) is 9.81. The molecule has 0 saturated carbocycles. The van der Waals surface area contributed by atoms with Crippen LogP contribution in [0.25, 0.3) is 0 Å². The third-order valence-corrected chi connectivity index (χ3v) is 17.5. The van der Waals surface area contributed by atoms with Gasteiger partial charge in [-0.2, -0.15) is 4.89 Å². The Morgan fingerprint density at radius 1 is 0.850 bits per heavy atom. The number of anilines is 1. The molecule has 1 spiro atoms. The van der Waals surface area contributed by atoms with Gasteiger partial charge in [0.2, 0.25) is 14.2 Å². The van der Waals surface area contributed by atoms with Crippen LogP contribution in [0.2, 0.25) is 18.1 Å². The van der Waals surface area contributed by atoms with E-state index >= 15 is 0 Å². The molecule has 2 fully saturated rings. The molecule has 2 atom stereocenters. The smallest absolute Gasteiger partial charge is 0.340 e. The molecule has 4 heterocycles. The van der Waals surface area contributed by atoms with Crippen molar-refractivity contribution in [3.8, 4) is 28.7 Å². The zero-order valence-electron chi connectivity index (χ0n) is 35.8. The van der Waals surface area contributed by atoms with Crippen molar-refractivity contribution >= 4 is 25.9 Å². The monoisotopic (exact) mass is 837 g/mol. The summed E-state index contributed by atoms with van der Waals surface area (Å²) in [6.07, 6.45) is 1.48. The van der Waals surface area contributed by atoms with Gasteiger partial charge in [0, 0.05) is 63.9 Å². The SMILES string of the molecule is CC(C)(COCCCCC(=O)Nc1ccc2c(c1)C1(OC2=O)c2ccc(O)cc2Oc2cc(O)ccc21)C12OOC1(c1cccc(O[Si](C)(C)C(C)(C)C)c1)OCC2(C)C. The highest BCUT2D eigenvalue weighted by Gasteiger charge is 2.82. The van der Waals surface area contributed by atoms with Gasteiger partial charge in [0.05, 0.1) is 18.8 Å². The van der Waals surface area contributed by atoms with Crippen molar-refractivity contribution in [1.29, 1.82) is 0 Å². The molecule has 60 heavy (non-hydrogen) atoms. The number of aromatic hydroxyl groups is 2. The molecule has 4 aliphatic heterocycles. The average molecular weight is 838 g/mol. The van der Waals surface area contributed by atoms with Gasteiger partial charge in [-0.05, 0) is 85.6 Å². The van der Waals surface area contributed by atoms with Gasteiger partial charge in [0.1, 0.15) is 28.7 Å². The number of ether oxygens (including phenoxy) is 4. The number of phenols is 2. The third kappa shape index (κ3) is 6.39. The Balaban J connectivity index is 0.909. The normalized spacial score (nSPS) is 22.1. The first kappa shape index (κ1) is 41.8. The molecule has 2 unspecified atom stereocenters. The minimum absolute atomic E-state index is 0.0341. The van der Waals surface area contributed by atoms with Crippen molar-refractivity contribution < 1.29 is 53.0 Å². The van der Waals surface area contributed by atoms with Crippen molar-refractivity contribution in [1.82, 2.24) is 0 Å². The number of hydrogen-bond donors (Lipinski definition) is 3. The zero-order valence-corrected chi connectivity index (χ0v) is 36.8. The van der Waals surface area contributed by atoms with Gasteiger partial charge in [-0.3, -0.25) is 4.79 Å². The molecular formula is C47H55NO11Si. The lowest BCUT2D eigenvalue weighted by Gasteiger charge is -2.61. The molecule has 0 bridgehead atoms. The number of carbonyl (C=O) groups excluding carboxylic acids is 2. The zero-order chi connectivity index (χ0) is 43.1. The Hall–Kier alpha value is -4.92. The van der Waals surface area contributed by atoms with Crippen LogP contribution in [0.4, 0.5) is 5.69 Å². The Labute approximate surface area is 352 Å². The maximum absolute atomic E-state index is 13.3. The van der Waals surface area contributed by atoms with E-state index in [1.165, 1.54) is 24.3 Å². The van der Waals surface area contributed by atoms with E-state index in [-0.39, 0.29) is 40.4 Å².